The normalized spacial score (nSPS) is 12.7. The summed E-state index contributed by atoms with van der Waals surface area (Å²) in [6, 6.07) is 10.0. The first-order chi connectivity index (χ1) is 8.70. The summed E-state index contributed by atoms with van der Waals surface area (Å²) in [5.74, 6) is 1.67. The number of amides is 1. The first-order valence-corrected chi connectivity index (χ1v) is 6.88. The Hall–Kier alpha value is -1.46. The highest BCUT2D eigenvalue weighted by atomic mass is 32.2. The van der Waals surface area contributed by atoms with Gasteiger partial charge in [0.15, 0.2) is 0 Å². The predicted octanol–water partition coefficient (Wildman–Crippen LogP) is 1.91. The van der Waals surface area contributed by atoms with Crippen LogP contribution in [-0.2, 0) is 4.79 Å². The SMILES string of the molecule is CNC(CSCC(N)=O)c1cc2ccccc2o1. The lowest BCUT2D eigenvalue weighted by Gasteiger charge is -2.12. The van der Waals surface area contributed by atoms with Gasteiger partial charge in [-0.25, -0.2) is 0 Å². The monoisotopic (exact) mass is 264 g/mol. The molecule has 1 atom stereocenters. The van der Waals surface area contributed by atoms with Crippen molar-refractivity contribution < 1.29 is 9.21 Å². The molecule has 0 aliphatic heterocycles. The number of thioether (sulfide) groups is 1. The third-order valence-electron chi connectivity index (χ3n) is 2.67. The summed E-state index contributed by atoms with van der Waals surface area (Å²) in [7, 11) is 1.88. The van der Waals surface area contributed by atoms with E-state index in [9.17, 15) is 4.79 Å². The Balaban J connectivity index is 2.09. The lowest BCUT2D eigenvalue weighted by atomic mass is 10.2. The number of nitrogens with one attached hydrogen (secondary N) is 1. The van der Waals surface area contributed by atoms with E-state index in [1.54, 1.807) is 0 Å². The zero-order valence-corrected chi connectivity index (χ0v) is 11.0. The number of primary amides is 1. The third-order valence-corrected chi connectivity index (χ3v) is 3.72. The Morgan fingerprint density at radius 1 is 1.50 bits per heavy atom. The van der Waals surface area contributed by atoms with Crippen LogP contribution in [0, 0.1) is 0 Å². The molecular formula is C13H16N2O2S. The number of benzene rings is 1. The molecule has 0 aliphatic carbocycles. The van der Waals surface area contributed by atoms with Gasteiger partial charge in [0.2, 0.25) is 5.91 Å². The molecule has 0 saturated heterocycles. The standard InChI is InChI=1S/C13H16N2O2S/c1-15-10(7-18-8-13(14)16)12-6-9-4-2-3-5-11(9)17-12/h2-6,10,15H,7-8H2,1H3,(H2,14,16). The summed E-state index contributed by atoms with van der Waals surface area (Å²) in [4.78, 5) is 10.7. The molecule has 0 spiro atoms. The predicted molar refractivity (Wildman–Crippen MR) is 74.5 cm³/mol. The zero-order chi connectivity index (χ0) is 13.0. The molecule has 1 heterocycles. The Kier molecular flexibility index (Phi) is 4.28. The van der Waals surface area contributed by atoms with Crippen LogP contribution in [0.1, 0.15) is 11.8 Å². The van der Waals surface area contributed by atoms with E-state index in [-0.39, 0.29) is 11.9 Å². The number of carbonyl (C=O) groups excluding carboxylic acids is 1. The molecule has 1 amide bonds. The number of para-hydroxylation sites is 1. The van der Waals surface area contributed by atoms with Crippen LogP contribution in [0.5, 0.6) is 0 Å². The molecule has 1 unspecified atom stereocenters. The minimum Gasteiger partial charge on any atom is -0.459 e. The second-order valence-corrected chi connectivity index (χ2v) is 5.04. The van der Waals surface area contributed by atoms with Crippen molar-refractivity contribution in [3.8, 4) is 0 Å². The molecule has 1 aromatic heterocycles. The van der Waals surface area contributed by atoms with Crippen molar-refractivity contribution in [2.24, 2.45) is 5.73 Å². The van der Waals surface area contributed by atoms with Gasteiger partial charge in [0.25, 0.3) is 0 Å². The quantitative estimate of drug-likeness (QED) is 0.836. The summed E-state index contributed by atoms with van der Waals surface area (Å²) >= 11 is 1.50. The van der Waals surface area contributed by atoms with Gasteiger partial charge < -0.3 is 15.5 Å². The van der Waals surface area contributed by atoms with Crippen LogP contribution < -0.4 is 11.1 Å². The first-order valence-electron chi connectivity index (χ1n) is 5.72. The summed E-state index contributed by atoms with van der Waals surface area (Å²) in [5, 5.41) is 4.28. The molecule has 96 valence electrons. The van der Waals surface area contributed by atoms with Crippen molar-refractivity contribution in [1.82, 2.24) is 5.32 Å². The molecule has 0 fully saturated rings. The van der Waals surface area contributed by atoms with Crippen molar-refractivity contribution in [3.05, 3.63) is 36.1 Å². The maximum absolute atomic E-state index is 10.7. The molecule has 0 bridgehead atoms. The topological polar surface area (TPSA) is 68.3 Å². The van der Waals surface area contributed by atoms with Gasteiger partial charge in [-0.15, -0.1) is 11.8 Å². The van der Waals surface area contributed by atoms with Gasteiger partial charge in [0.05, 0.1) is 11.8 Å². The number of rotatable bonds is 6. The van der Waals surface area contributed by atoms with Crippen molar-refractivity contribution in [2.45, 2.75) is 6.04 Å². The highest BCUT2D eigenvalue weighted by Gasteiger charge is 2.14. The molecule has 3 N–H and O–H groups in total. The van der Waals surface area contributed by atoms with Crippen molar-refractivity contribution in [3.63, 3.8) is 0 Å². The van der Waals surface area contributed by atoms with Gasteiger partial charge in [-0.3, -0.25) is 4.79 Å². The third kappa shape index (κ3) is 3.05. The van der Waals surface area contributed by atoms with E-state index in [1.165, 1.54) is 11.8 Å². The number of hydrogen-bond acceptors (Lipinski definition) is 4. The maximum atomic E-state index is 10.7. The van der Waals surface area contributed by atoms with Gasteiger partial charge in [-0.2, -0.15) is 0 Å². The number of nitrogens with two attached hydrogens (primary N) is 1. The number of hydrogen-bond donors (Lipinski definition) is 2. The molecule has 2 aromatic rings. The van der Waals surface area contributed by atoms with E-state index < -0.39 is 0 Å². The lowest BCUT2D eigenvalue weighted by molar-refractivity contribution is -0.115. The molecule has 2 rings (SSSR count). The van der Waals surface area contributed by atoms with Crippen LogP contribution in [0.15, 0.2) is 34.7 Å². The summed E-state index contributed by atoms with van der Waals surface area (Å²) in [6.07, 6.45) is 0. The van der Waals surface area contributed by atoms with E-state index >= 15 is 0 Å². The summed E-state index contributed by atoms with van der Waals surface area (Å²) in [5.41, 5.74) is 6.00. The minimum atomic E-state index is -0.292. The smallest absolute Gasteiger partial charge is 0.227 e. The highest BCUT2D eigenvalue weighted by Crippen LogP contribution is 2.25. The molecule has 4 nitrogen and oxygen atoms in total. The molecule has 1 aromatic carbocycles. The molecule has 18 heavy (non-hydrogen) atoms. The van der Waals surface area contributed by atoms with Crippen LogP contribution in [0.4, 0.5) is 0 Å². The molecular weight excluding hydrogens is 248 g/mol. The Bertz CT molecular complexity index is 506. The molecule has 0 aliphatic rings. The first kappa shape index (κ1) is 13.0. The van der Waals surface area contributed by atoms with Crippen molar-refractivity contribution >= 4 is 28.6 Å². The van der Waals surface area contributed by atoms with Gasteiger partial charge in [-0.05, 0) is 19.2 Å². The van der Waals surface area contributed by atoms with Crippen LogP contribution >= 0.6 is 11.8 Å². The van der Waals surface area contributed by atoms with Gasteiger partial charge in [0, 0.05) is 11.1 Å². The van der Waals surface area contributed by atoms with Gasteiger partial charge in [-0.1, -0.05) is 18.2 Å². The van der Waals surface area contributed by atoms with Crippen LogP contribution in [-0.4, -0.2) is 24.5 Å². The second kappa shape index (κ2) is 5.93. The van der Waals surface area contributed by atoms with Gasteiger partial charge in [0.1, 0.15) is 11.3 Å². The van der Waals surface area contributed by atoms with Gasteiger partial charge >= 0.3 is 0 Å². The lowest BCUT2D eigenvalue weighted by Crippen LogP contribution is -2.20. The van der Waals surface area contributed by atoms with Crippen LogP contribution in [0.25, 0.3) is 11.0 Å². The maximum Gasteiger partial charge on any atom is 0.227 e. The Morgan fingerprint density at radius 3 is 2.94 bits per heavy atom. The highest BCUT2D eigenvalue weighted by molar-refractivity contribution is 7.99. The largest absolute Gasteiger partial charge is 0.459 e. The van der Waals surface area contributed by atoms with E-state index in [1.807, 2.05) is 37.4 Å². The Labute approximate surface area is 110 Å². The molecule has 5 heteroatoms. The fraction of sp³-hybridized carbons (Fsp3) is 0.308. The number of carbonyl (C=O) groups is 1. The van der Waals surface area contributed by atoms with E-state index in [0.717, 1.165) is 22.5 Å². The number of furan rings is 1. The number of fused-ring (bicyclic) bond motifs is 1. The Morgan fingerprint density at radius 2 is 2.28 bits per heavy atom. The van der Waals surface area contributed by atoms with Crippen molar-refractivity contribution in [2.75, 3.05) is 18.6 Å². The summed E-state index contributed by atoms with van der Waals surface area (Å²) in [6.45, 7) is 0. The average Bonchev–Trinajstić information content (AvgIpc) is 2.77. The van der Waals surface area contributed by atoms with Crippen LogP contribution in [0.3, 0.4) is 0 Å². The van der Waals surface area contributed by atoms with Crippen molar-refractivity contribution in [1.29, 1.82) is 0 Å². The second-order valence-electron chi connectivity index (χ2n) is 4.01. The van der Waals surface area contributed by atoms with E-state index in [0.29, 0.717) is 5.75 Å². The summed E-state index contributed by atoms with van der Waals surface area (Å²) < 4.78 is 5.79. The molecule has 0 radical (unpaired) electrons. The fourth-order valence-electron chi connectivity index (χ4n) is 1.76. The van der Waals surface area contributed by atoms with Crippen LogP contribution in [0.2, 0.25) is 0 Å². The fourth-order valence-corrected chi connectivity index (χ4v) is 2.64. The zero-order valence-electron chi connectivity index (χ0n) is 10.2. The van der Waals surface area contributed by atoms with E-state index in [4.69, 9.17) is 10.2 Å². The minimum absolute atomic E-state index is 0.0850. The average molecular weight is 264 g/mol. The molecule has 0 saturated carbocycles. The van der Waals surface area contributed by atoms with E-state index in [2.05, 4.69) is 5.32 Å².